The summed E-state index contributed by atoms with van der Waals surface area (Å²) in [5.74, 6) is -0.469. The number of nitro groups is 1. The Kier molecular flexibility index (Phi) is 4.61. The molecule has 0 aliphatic carbocycles. The van der Waals surface area contributed by atoms with Gasteiger partial charge in [0, 0.05) is 17.9 Å². The predicted molar refractivity (Wildman–Crippen MR) is 80.7 cm³/mol. The van der Waals surface area contributed by atoms with Crippen molar-refractivity contribution in [3.8, 4) is 0 Å². The molecule has 0 atom stereocenters. The lowest BCUT2D eigenvalue weighted by atomic mass is 10.2. The third kappa shape index (κ3) is 3.61. The number of nitrogens with two attached hydrogens (primary N) is 1. The highest BCUT2D eigenvalue weighted by atomic mass is 32.1. The van der Waals surface area contributed by atoms with Crippen LogP contribution in [0.25, 0.3) is 0 Å². The minimum absolute atomic E-state index is 0.147. The Hall–Kier alpha value is -2.32. The zero-order valence-electron chi connectivity index (χ0n) is 11.3. The highest BCUT2D eigenvalue weighted by Crippen LogP contribution is 2.26. The maximum atomic E-state index is 12.1. The molecular formula is C13H14N4O3S. The SMILES string of the molecule is Cc1ccc([N+](=O)[O-])c(NC(=O)c2csc(CCN)n2)c1. The van der Waals surface area contributed by atoms with Crippen molar-refractivity contribution in [1.82, 2.24) is 4.98 Å². The fraction of sp³-hybridized carbons (Fsp3) is 0.231. The Balaban J connectivity index is 2.22. The number of thiazole rings is 1. The minimum atomic E-state index is -0.532. The van der Waals surface area contributed by atoms with Crippen LogP contribution in [0, 0.1) is 17.0 Å². The van der Waals surface area contributed by atoms with Crippen LogP contribution in [-0.2, 0) is 6.42 Å². The zero-order chi connectivity index (χ0) is 15.4. The lowest BCUT2D eigenvalue weighted by Gasteiger charge is -2.05. The molecule has 2 rings (SSSR count). The molecule has 0 saturated carbocycles. The summed E-state index contributed by atoms with van der Waals surface area (Å²) in [4.78, 5) is 26.7. The van der Waals surface area contributed by atoms with Crippen molar-refractivity contribution in [3.05, 3.63) is 50.0 Å². The molecule has 8 heteroatoms. The number of carbonyl (C=O) groups excluding carboxylic acids is 1. The molecule has 1 amide bonds. The van der Waals surface area contributed by atoms with Gasteiger partial charge in [-0.25, -0.2) is 4.98 Å². The Bertz CT molecular complexity index is 684. The maximum Gasteiger partial charge on any atom is 0.292 e. The van der Waals surface area contributed by atoms with Crippen LogP contribution in [0.5, 0.6) is 0 Å². The molecule has 2 aromatic rings. The smallest absolute Gasteiger partial charge is 0.292 e. The number of aromatic nitrogens is 1. The minimum Gasteiger partial charge on any atom is -0.330 e. The second-order valence-electron chi connectivity index (χ2n) is 4.40. The van der Waals surface area contributed by atoms with E-state index in [2.05, 4.69) is 10.3 Å². The topological polar surface area (TPSA) is 111 Å². The molecule has 0 saturated heterocycles. The maximum absolute atomic E-state index is 12.1. The third-order valence-corrected chi connectivity index (χ3v) is 3.65. The van der Waals surface area contributed by atoms with E-state index in [4.69, 9.17) is 5.73 Å². The number of benzene rings is 1. The average Bonchev–Trinajstić information content (AvgIpc) is 2.87. The lowest BCUT2D eigenvalue weighted by Crippen LogP contribution is -2.14. The van der Waals surface area contributed by atoms with E-state index < -0.39 is 10.8 Å². The van der Waals surface area contributed by atoms with Crippen molar-refractivity contribution in [2.45, 2.75) is 13.3 Å². The van der Waals surface area contributed by atoms with E-state index in [1.807, 2.05) is 0 Å². The molecule has 0 unspecified atom stereocenters. The van der Waals surface area contributed by atoms with Gasteiger partial charge in [0.2, 0.25) is 0 Å². The fourth-order valence-electron chi connectivity index (χ4n) is 1.75. The number of hydrogen-bond acceptors (Lipinski definition) is 6. The van der Waals surface area contributed by atoms with Crippen LogP contribution >= 0.6 is 11.3 Å². The molecule has 0 spiro atoms. The van der Waals surface area contributed by atoms with Gasteiger partial charge in [-0.3, -0.25) is 14.9 Å². The van der Waals surface area contributed by atoms with Gasteiger partial charge in [0.25, 0.3) is 11.6 Å². The average molecular weight is 306 g/mol. The number of nitro benzene ring substituents is 1. The quantitative estimate of drug-likeness (QED) is 0.649. The first-order chi connectivity index (χ1) is 10.0. The van der Waals surface area contributed by atoms with Crippen molar-refractivity contribution >= 4 is 28.6 Å². The molecule has 110 valence electrons. The number of aryl methyl sites for hydroxylation is 1. The Morgan fingerprint density at radius 2 is 2.29 bits per heavy atom. The van der Waals surface area contributed by atoms with Crippen LogP contribution in [0.2, 0.25) is 0 Å². The highest BCUT2D eigenvalue weighted by Gasteiger charge is 2.18. The van der Waals surface area contributed by atoms with Gasteiger partial charge in [0.05, 0.1) is 9.93 Å². The predicted octanol–water partition coefficient (Wildman–Crippen LogP) is 2.11. The normalized spacial score (nSPS) is 10.4. The van der Waals surface area contributed by atoms with E-state index in [9.17, 15) is 14.9 Å². The van der Waals surface area contributed by atoms with Crippen LogP contribution in [0.3, 0.4) is 0 Å². The molecule has 0 fully saturated rings. The summed E-state index contributed by atoms with van der Waals surface area (Å²) in [5, 5.41) is 15.9. The summed E-state index contributed by atoms with van der Waals surface area (Å²) in [5.41, 5.74) is 6.50. The van der Waals surface area contributed by atoms with Gasteiger partial charge in [-0.1, -0.05) is 6.07 Å². The van der Waals surface area contributed by atoms with E-state index >= 15 is 0 Å². The van der Waals surface area contributed by atoms with Crippen molar-refractivity contribution in [2.24, 2.45) is 5.73 Å². The molecule has 3 N–H and O–H groups in total. The second kappa shape index (κ2) is 6.42. The molecular weight excluding hydrogens is 292 g/mol. The van der Waals surface area contributed by atoms with Gasteiger partial charge in [-0.2, -0.15) is 0 Å². The molecule has 1 aromatic carbocycles. The number of nitrogens with one attached hydrogen (secondary N) is 1. The largest absolute Gasteiger partial charge is 0.330 e. The van der Waals surface area contributed by atoms with Gasteiger partial charge < -0.3 is 11.1 Å². The van der Waals surface area contributed by atoms with Gasteiger partial charge >= 0.3 is 0 Å². The van der Waals surface area contributed by atoms with E-state index in [0.717, 1.165) is 10.6 Å². The number of hydrogen-bond donors (Lipinski definition) is 2. The second-order valence-corrected chi connectivity index (χ2v) is 5.34. The summed E-state index contributed by atoms with van der Waals surface area (Å²) in [6, 6.07) is 4.55. The Labute approximate surface area is 125 Å². The van der Waals surface area contributed by atoms with E-state index in [1.165, 1.54) is 17.4 Å². The van der Waals surface area contributed by atoms with Crippen LogP contribution < -0.4 is 11.1 Å². The summed E-state index contributed by atoms with van der Waals surface area (Å²) in [6.07, 6.45) is 0.600. The third-order valence-electron chi connectivity index (χ3n) is 2.74. The van der Waals surface area contributed by atoms with E-state index in [-0.39, 0.29) is 17.1 Å². The zero-order valence-corrected chi connectivity index (χ0v) is 12.1. The van der Waals surface area contributed by atoms with E-state index in [1.54, 1.807) is 24.4 Å². The summed E-state index contributed by atoms with van der Waals surface area (Å²) >= 11 is 1.34. The lowest BCUT2D eigenvalue weighted by molar-refractivity contribution is -0.383. The molecule has 1 heterocycles. The first-order valence-electron chi connectivity index (χ1n) is 6.22. The summed E-state index contributed by atoms with van der Waals surface area (Å²) in [7, 11) is 0. The van der Waals surface area contributed by atoms with Gasteiger partial charge in [0.15, 0.2) is 0 Å². The summed E-state index contributed by atoms with van der Waals surface area (Å²) < 4.78 is 0. The van der Waals surface area contributed by atoms with E-state index in [0.29, 0.717) is 13.0 Å². The van der Waals surface area contributed by atoms with Crippen molar-refractivity contribution in [2.75, 3.05) is 11.9 Å². The monoisotopic (exact) mass is 306 g/mol. The number of amides is 1. The summed E-state index contributed by atoms with van der Waals surface area (Å²) in [6.45, 7) is 2.25. The fourth-order valence-corrected chi connectivity index (χ4v) is 2.54. The van der Waals surface area contributed by atoms with Gasteiger partial charge in [-0.05, 0) is 25.1 Å². The van der Waals surface area contributed by atoms with Crippen LogP contribution in [-0.4, -0.2) is 22.4 Å². The van der Waals surface area contributed by atoms with Crippen molar-refractivity contribution in [3.63, 3.8) is 0 Å². The molecule has 1 aromatic heterocycles. The molecule has 0 aliphatic heterocycles. The molecule has 0 radical (unpaired) electrons. The van der Waals surface area contributed by atoms with Crippen LogP contribution in [0.15, 0.2) is 23.6 Å². The van der Waals surface area contributed by atoms with Crippen LogP contribution in [0.4, 0.5) is 11.4 Å². The first kappa shape index (κ1) is 15.1. The standard InChI is InChI=1S/C13H14N4O3S/c1-8-2-3-11(17(19)20)9(6-8)16-13(18)10-7-21-12(15-10)4-5-14/h2-3,6-7H,4-5,14H2,1H3,(H,16,18). The van der Waals surface area contributed by atoms with Crippen molar-refractivity contribution < 1.29 is 9.72 Å². The number of nitrogens with zero attached hydrogens (tertiary/aromatic N) is 2. The number of carbonyl (C=O) groups is 1. The van der Waals surface area contributed by atoms with Gasteiger partial charge in [-0.15, -0.1) is 11.3 Å². The Morgan fingerprint density at radius 1 is 1.52 bits per heavy atom. The number of anilines is 1. The first-order valence-corrected chi connectivity index (χ1v) is 7.10. The molecule has 21 heavy (non-hydrogen) atoms. The Morgan fingerprint density at radius 3 is 2.95 bits per heavy atom. The van der Waals surface area contributed by atoms with Crippen LogP contribution in [0.1, 0.15) is 21.1 Å². The van der Waals surface area contributed by atoms with Gasteiger partial charge in [0.1, 0.15) is 11.4 Å². The molecule has 0 aliphatic rings. The molecule has 0 bridgehead atoms. The molecule has 7 nitrogen and oxygen atoms in total. The highest BCUT2D eigenvalue weighted by molar-refractivity contribution is 7.09. The van der Waals surface area contributed by atoms with Crippen molar-refractivity contribution in [1.29, 1.82) is 0 Å². The number of rotatable bonds is 5.